The van der Waals surface area contributed by atoms with E-state index in [2.05, 4.69) is 15.6 Å². The summed E-state index contributed by atoms with van der Waals surface area (Å²) in [6, 6.07) is 6.90. The van der Waals surface area contributed by atoms with Gasteiger partial charge in [-0.3, -0.25) is 4.99 Å². The summed E-state index contributed by atoms with van der Waals surface area (Å²) in [4.78, 5) is 14.5. The number of aliphatic imine (C=N–C) groups is 1. The highest BCUT2D eigenvalue weighted by molar-refractivity contribution is 5.87. The van der Waals surface area contributed by atoms with Crippen LogP contribution in [-0.2, 0) is 6.54 Å². The van der Waals surface area contributed by atoms with E-state index in [0.717, 1.165) is 25.1 Å². The molecular weight excluding hydrogens is 244 g/mol. The number of carbonyl (C=O) groups excluding carboxylic acids is 1. The second kappa shape index (κ2) is 7.93. The molecular formula is C12H20N6O. The Balaban J connectivity index is 2.23. The van der Waals surface area contributed by atoms with Gasteiger partial charge in [0.05, 0.1) is 0 Å². The van der Waals surface area contributed by atoms with Gasteiger partial charge in [-0.05, 0) is 30.7 Å². The second-order valence-electron chi connectivity index (χ2n) is 4.02. The SMILES string of the molecule is NC(=O)Nc1ccc(CNCCCN=C(N)N)cc1. The number of nitrogens with one attached hydrogen (secondary N) is 2. The first-order valence-electron chi connectivity index (χ1n) is 5.99. The van der Waals surface area contributed by atoms with Crippen molar-refractivity contribution < 1.29 is 4.79 Å². The Hall–Kier alpha value is -2.28. The summed E-state index contributed by atoms with van der Waals surface area (Å²) in [7, 11) is 0. The van der Waals surface area contributed by atoms with E-state index in [1.165, 1.54) is 0 Å². The van der Waals surface area contributed by atoms with E-state index in [-0.39, 0.29) is 5.96 Å². The smallest absolute Gasteiger partial charge is 0.316 e. The summed E-state index contributed by atoms with van der Waals surface area (Å²) >= 11 is 0. The van der Waals surface area contributed by atoms with Crippen molar-refractivity contribution in [3.8, 4) is 0 Å². The number of guanidine groups is 1. The van der Waals surface area contributed by atoms with Crippen LogP contribution in [0.1, 0.15) is 12.0 Å². The molecule has 0 heterocycles. The highest BCUT2D eigenvalue weighted by Crippen LogP contribution is 2.08. The fourth-order valence-electron chi connectivity index (χ4n) is 1.49. The molecule has 8 N–H and O–H groups in total. The number of hydrogen-bond acceptors (Lipinski definition) is 3. The summed E-state index contributed by atoms with van der Waals surface area (Å²) in [5.41, 5.74) is 17.3. The fourth-order valence-corrected chi connectivity index (χ4v) is 1.49. The van der Waals surface area contributed by atoms with Crippen LogP contribution in [0.15, 0.2) is 29.3 Å². The normalized spacial score (nSPS) is 9.89. The van der Waals surface area contributed by atoms with Gasteiger partial charge >= 0.3 is 6.03 Å². The number of urea groups is 1. The van der Waals surface area contributed by atoms with Crippen LogP contribution in [0, 0.1) is 0 Å². The van der Waals surface area contributed by atoms with E-state index >= 15 is 0 Å². The number of rotatable bonds is 7. The van der Waals surface area contributed by atoms with Crippen LogP contribution in [-0.4, -0.2) is 25.1 Å². The molecule has 7 heteroatoms. The molecule has 0 saturated carbocycles. The molecule has 19 heavy (non-hydrogen) atoms. The van der Waals surface area contributed by atoms with Crippen molar-refractivity contribution in [2.75, 3.05) is 18.4 Å². The van der Waals surface area contributed by atoms with Gasteiger partial charge < -0.3 is 27.8 Å². The van der Waals surface area contributed by atoms with Crippen LogP contribution in [0.5, 0.6) is 0 Å². The van der Waals surface area contributed by atoms with Gasteiger partial charge in [-0.2, -0.15) is 0 Å². The number of benzene rings is 1. The van der Waals surface area contributed by atoms with E-state index in [1.54, 1.807) is 12.1 Å². The monoisotopic (exact) mass is 264 g/mol. The van der Waals surface area contributed by atoms with Gasteiger partial charge in [-0.15, -0.1) is 0 Å². The topological polar surface area (TPSA) is 132 Å². The zero-order chi connectivity index (χ0) is 14.1. The number of anilines is 1. The lowest BCUT2D eigenvalue weighted by Gasteiger charge is -2.06. The Morgan fingerprint density at radius 2 is 1.84 bits per heavy atom. The quantitative estimate of drug-likeness (QED) is 0.268. The lowest BCUT2D eigenvalue weighted by molar-refractivity contribution is 0.259. The maximum Gasteiger partial charge on any atom is 0.316 e. The maximum atomic E-state index is 10.6. The van der Waals surface area contributed by atoms with Crippen LogP contribution in [0.4, 0.5) is 10.5 Å². The van der Waals surface area contributed by atoms with Crippen molar-refractivity contribution in [1.29, 1.82) is 0 Å². The summed E-state index contributed by atoms with van der Waals surface area (Å²) in [5.74, 6) is 0.123. The molecule has 104 valence electrons. The van der Waals surface area contributed by atoms with Crippen molar-refractivity contribution in [2.45, 2.75) is 13.0 Å². The third-order valence-corrected chi connectivity index (χ3v) is 2.36. The summed E-state index contributed by atoms with van der Waals surface area (Å²) in [5, 5.41) is 5.78. The zero-order valence-corrected chi connectivity index (χ0v) is 10.7. The molecule has 0 aliphatic carbocycles. The summed E-state index contributed by atoms with van der Waals surface area (Å²) < 4.78 is 0. The lowest BCUT2D eigenvalue weighted by Crippen LogP contribution is -2.23. The number of amides is 2. The molecule has 0 fully saturated rings. The van der Waals surface area contributed by atoms with Crippen LogP contribution in [0.3, 0.4) is 0 Å². The predicted molar refractivity (Wildman–Crippen MR) is 76.6 cm³/mol. The first kappa shape index (κ1) is 14.8. The van der Waals surface area contributed by atoms with Gasteiger partial charge in [0, 0.05) is 18.8 Å². The predicted octanol–water partition coefficient (Wildman–Crippen LogP) is -0.0697. The molecule has 0 bridgehead atoms. The lowest BCUT2D eigenvalue weighted by atomic mass is 10.2. The number of nitrogens with zero attached hydrogens (tertiary/aromatic N) is 1. The van der Waals surface area contributed by atoms with Crippen molar-refractivity contribution in [1.82, 2.24) is 5.32 Å². The number of hydrogen-bond donors (Lipinski definition) is 5. The Bertz CT molecular complexity index is 424. The molecule has 1 aromatic carbocycles. The van der Waals surface area contributed by atoms with Gasteiger partial charge in [-0.25, -0.2) is 4.79 Å². The van der Waals surface area contributed by atoms with Gasteiger partial charge in [0.1, 0.15) is 0 Å². The Kier molecular flexibility index (Phi) is 6.17. The molecule has 0 unspecified atom stereocenters. The number of nitrogens with two attached hydrogens (primary N) is 3. The first-order valence-corrected chi connectivity index (χ1v) is 5.99. The van der Waals surface area contributed by atoms with Gasteiger partial charge in [0.25, 0.3) is 0 Å². The minimum atomic E-state index is -0.564. The van der Waals surface area contributed by atoms with Crippen LogP contribution in [0.25, 0.3) is 0 Å². The first-order chi connectivity index (χ1) is 9.08. The standard InChI is InChI=1S/C12H20N6O/c13-11(14)17-7-1-6-16-8-9-2-4-10(5-3-9)18-12(15)19/h2-5,16H,1,6-8H2,(H4,13,14,17)(H3,15,18,19). The molecule has 0 radical (unpaired) electrons. The summed E-state index contributed by atoms with van der Waals surface area (Å²) in [6.07, 6.45) is 0.874. The zero-order valence-electron chi connectivity index (χ0n) is 10.7. The molecule has 0 saturated heterocycles. The van der Waals surface area contributed by atoms with Crippen LogP contribution in [0.2, 0.25) is 0 Å². The van der Waals surface area contributed by atoms with E-state index in [9.17, 15) is 4.79 Å². The Morgan fingerprint density at radius 3 is 2.42 bits per heavy atom. The van der Waals surface area contributed by atoms with Crippen LogP contribution >= 0.6 is 0 Å². The third-order valence-electron chi connectivity index (χ3n) is 2.36. The van der Waals surface area contributed by atoms with Gasteiger partial charge in [0.2, 0.25) is 0 Å². The molecule has 0 aromatic heterocycles. The summed E-state index contributed by atoms with van der Waals surface area (Å²) in [6.45, 7) is 2.20. The van der Waals surface area contributed by atoms with Gasteiger partial charge in [-0.1, -0.05) is 12.1 Å². The number of carbonyl (C=O) groups is 1. The number of primary amides is 1. The van der Waals surface area contributed by atoms with Crippen molar-refractivity contribution in [3.63, 3.8) is 0 Å². The second-order valence-corrected chi connectivity index (χ2v) is 4.02. The van der Waals surface area contributed by atoms with E-state index in [1.807, 2.05) is 12.1 Å². The van der Waals surface area contributed by atoms with E-state index in [4.69, 9.17) is 17.2 Å². The molecule has 2 amide bonds. The van der Waals surface area contributed by atoms with Crippen molar-refractivity contribution in [2.24, 2.45) is 22.2 Å². The van der Waals surface area contributed by atoms with Crippen molar-refractivity contribution >= 4 is 17.7 Å². The Labute approximate surface area is 112 Å². The Morgan fingerprint density at radius 1 is 1.16 bits per heavy atom. The average Bonchev–Trinajstić information content (AvgIpc) is 2.34. The van der Waals surface area contributed by atoms with E-state index < -0.39 is 6.03 Å². The molecule has 7 nitrogen and oxygen atoms in total. The largest absolute Gasteiger partial charge is 0.370 e. The van der Waals surface area contributed by atoms with Crippen LogP contribution < -0.4 is 27.8 Å². The average molecular weight is 264 g/mol. The third kappa shape index (κ3) is 6.89. The molecule has 0 aliphatic rings. The highest BCUT2D eigenvalue weighted by Gasteiger charge is 1.96. The minimum Gasteiger partial charge on any atom is -0.370 e. The van der Waals surface area contributed by atoms with E-state index in [0.29, 0.717) is 12.2 Å². The molecule has 0 atom stereocenters. The molecule has 1 rings (SSSR count). The van der Waals surface area contributed by atoms with Gasteiger partial charge in [0.15, 0.2) is 5.96 Å². The fraction of sp³-hybridized carbons (Fsp3) is 0.333. The molecule has 0 spiro atoms. The minimum absolute atomic E-state index is 0.123. The highest BCUT2D eigenvalue weighted by atomic mass is 16.2. The van der Waals surface area contributed by atoms with Crippen molar-refractivity contribution in [3.05, 3.63) is 29.8 Å². The maximum absolute atomic E-state index is 10.6. The molecule has 1 aromatic rings. The molecule has 0 aliphatic heterocycles.